The maximum Gasteiger partial charge on any atom is 0.573 e. The zero-order valence-corrected chi connectivity index (χ0v) is 23.4. The molecule has 4 rings (SSSR count). The van der Waals surface area contributed by atoms with Gasteiger partial charge in [-0.25, -0.2) is 18.4 Å². The van der Waals surface area contributed by atoms with Crippen molar-refractivity contribution in [2.75, 3.05) is 23.8 Å². The van der Waals surface area contributed by atoms with Crippen LogP contribution in [0.25, 0.3) is 0 Å². The fraction of sp³-hybridized carbons (Fsp3) is 0.370. The Morgan fingerprint density at radius 2 is 1.81 bits per heavy atom. The topological polar surface area (TPSA) is 120 Å². The molecular weight excluding hydrogens is 603 g/mol. The van der Waals surface area contributed by atoms with Crippen LogP contribution in [-0.4, -0.2) is 68.3 Å². The molecular formula is C27H27F5N4O6S. The van der Waals surface area contributed by atoms with Crippen molar-refractivity contribution in [3.8, 4) is 11.6 Å². The quantitative estimate of drug-likeness (QED) is 0.291. The van der Waals surface area contributed by atoms with E-state index in [9.17, 15) is 35.2 Å². The van der Waals surface area contributed by atoms with Gasteiger partial charge in [0.1, 0.15) is 17.7 Å². The van der Waals surface area contributed by atoms with Crippen LogP contribution < -0.4 is 19.7 Å². The molecule has 1 saturated heterocycles. The highest BCUT2D eigenvalue weighted by atomic mass is 32.2. The molecule has 0 saturated carbocycles. The number of sulfone groups is 1. The molecule has 43 heavy (non-hydrogen) atoms. The molecule has 2 aromatic heterocycles. The fourth-order valence-corrected chi connectivity index (χ4v) is 5.22. The van der Waals surface area contributed by atoms with E-state index in [0.29, 0.717) is 11.4 Å². The molecule has 3 aromatic rings. The standard InChI is InChI=1S/C27H27F5N4O6S/c1-2-43(38,39)22-7-3-17(4-8-22)12-35-25(37)18-5-9-23(33-13-18)36-15-21(11-19(36)16-40-26(28)29)41-24-10-6-20(14-34-24)42-27(30,31)32/h3-10,13-14,19,21,26H,2,11-12,15-16H2,1H3,(H,35,37)/t19-,21-/m0/s1. The Balaban J connectivity index is 1.38. The zero-order valence-electron chi connectivity index (χ0n) is 22.6. The number of hydrogen-bond acceptors (Lipinski definition) is 9. The molecule has 10 nitrogen and oxygen atoms in total. The second-order valence-corrected chi connectivity index (χ2v) is 11.7. The largest absolute Gasteiger partial charge is 0.573 e. The van der Waals surface area contributed by atoms with Gasteiger partial charge in [-0.05, 0) is 35.9 Å². The van der Waals surface area contributed by atoms with Gasteiger partial charge in [0.05, 0.1) is 41.6 Å². The fourth-order valence-electron chi connectivity index (χ4n) is 4.34. The highest BCUT2D eigenvalue weighted by Gasteiger charge is 2.36. The molecule has 0 bridgehead atoms. The SMILES string of the molecule is CCS(=O)(=O)c1ccc(CNC(=O)c2ccc(N3C[C@@H](Oc4ccc(OC(F)(F)F)cn4)C[C@H]3COC(F)F)nc2)cc1. The Morgan fingerprint density at radius 3 is 2.40 bits per heavy atom. The number of pyridine rings is 2. The van der Waals surface area contributed by atoms with Crippen LogP contribution in [0.4, 0.5) is 27.8 Å². The number of anilines is 1. The third-order valence-corrected chi connectivity index (χ3v) is 8.19. The van der Waals surface area contributed by atoms with Crippen molar-refractivity contribution in [1.29, 1.82) is 0 Å². The van der Waals surface area contributed by atoms with Crippen LogP contribution in [0.15, 0.2) is 65.8 Å². The molecule has 0 spiro atoms. The van der Waals surface area contributed by atoms with Crippen molar-refractivity contribution in [1.82, 2.24) is 15.3 Å². The lowest BCUT2D eigenvalue weighted by molar-refractivity contribution is -0.274. The van der Waals surface area contributed by atoms with E-state index in [1.165, 1.54) is 30.5 Å². The van der Waals surface area contributed by atoms with Crippen LogP contribution >= 0.6 is 0 Å². The summed E-state index contributed by atoms with van der Waals surface area (Å²) in [4.78, 5) is 22.6. The van der Waals surface area contributed by atoms with E-state index in [0.717, 1.165) is 12.3 Å². The van der Waals surface area contributed by atoms with E-state index < -0.39 is 46.6 Å². The number of hydrogen-bond donors (Lipinski definition) is 1. The summed E-state index contributed by atoms with van der Waals surface area (Å²) in [5.74, 6) is -0.609. The number of benzene rings is 1. The third-order valence-electron chi connectivity index (χ3n) is 6.44. The number of amides is 1. The van der Waals surface area contributed by atoms with Gasteiger partial charge in [-0.15, -0.1) is 13.2 Å². The molecule has 2 atom stereocenters. The lowest BCUT2D eigenvalue weighted by Gasteiger charge is -2.25. The lowest BCUT2D eigenvalue weighted by atomic mass is 10.2. The average Bonchev–Trinajstić information content (AvgIpc) is 3.37. The van der Waals surface area contributed by atoms with Crippen LogP contribution in [0.5, 0.6) is 11.6 Å². The molecule has 232 valence electrons. The highest BCUT2D eigenvalue weighted by Crippen LogP contribution is 2.29. The van der Waals surface area contributed by atoms with E-state index in [1.807, 2.05) is 0 Å². The minimum atomic E-state index is -4.87. The first-order valence-corrected chi connectivity index (χ1v) is 14.6. The number of nitrogens with one attached hydrogen (secondary N) is 1. The van der Waals surface area contributed by atoms with Gasteiger partial charge >= 0.3 is 13.0 Å². The second kappa shape index (κ2) is 13.5. The van der Waals surface area contributed by atoms with Crippen LogP contribution in [0.2, 0.25) is 0 Å². The highest BCUT2D eigenvalue weighted by molar-refractivity contribution is 7.91. The molecule has 1 aromatic carbocycles. The van der Waals surface area contributed by atoms with Gasteiger partial charge in [0.15, 0.2) is 9.84 Å². The van der Waals surface area contributed by atoms with E-state index in [4.69, 9.17) is 4.74 Å². The predicted molar refractivity (Wildman–Crippen MR) is 143 cm³/mol. The van der Waals surface area contributed by atoms with Gasteiger partial charge in [0.25, 0.3) is 5.91 Å². The van der Waals surface area contributed by atoms with E-state index >= 15 is 0 Å². The van der Waals surface area contributed by atoms with Gasteiger partial charge in [-0.2, -0.15) is 8.78 Å². The summed E-state index contributed by atoms with van der Waals surface area (Å²) in [6, 6.07) is 10.9. The Morgan fingerprint density at radius 1 is 1.07 bits per heavy atom. The molecule has 1 aliphatic heterocycles. The maximum atomic E-state index is 12.8. The number of nitrogens with zero attached hydrogens (tertiary/aromatic N) is 3. The van der Waals surface area contributed by atoms with Gasteiger partial charge < -0.3 is 24.4 Å². The van der Waals surface area contributed by atoms with Crippen molar-refractivity contribution in [3.05, 3.63) is 72.1 Å². The molecule has 1 N–H and O–H groups in total. The molecule has 0 aliphatic carbocycles. The first-order chi connectivity index (χ1) is 20.3. The monoisotopic (exact) mass is 630 g/mol. The normalized spacial score (nSPS) is 17.2. The van der Waals surface area contributed by atoms with Crippen molar-refractivity contribution >= 4 is 21.6 Å². The van der Waals surface area contributed by atoms with Crippen molar-refractivity contribution in [3.63, 3.8) is 0 Å². The zero-order chi connectivity index (χ0) is 31.2. The Hall–Kier alpha value is -4.05. The molecule has 1 fully saturated rings. The van der Waals surface area contributed by atoms with Crippen LogP contribution in [0, 0.1) is 0 Å². The molecule has 0 radical (unpaired) electrons. The Kier molecular flexibility index (Phi) is 10.0. The number of aromatic nitrogens is 2. The van der Waals surface area contributed by atoms with Gasteiger partial charge in [0, 0.05) is 25.2 Å². The van der Waals surface area contributed by atoms with Crippen LogP contribution in [0.3, 0.4) is 0 Å². The smallest absolute Gasteiger partial charge is 0.472 e. The van der Waals surface area contributed by atoms with Crippen molar-refractivity contribution < 1.29 is 49.4 Å². The molecule has 0 unspecified atom stereocenters. The Bertz CT molecular complexity index is 1470. The number of rotatable bonds is 12. The molecule has 1 amide bonds. The first kappa shape index (κ1) is 31.9. The number of alkyl halides is 5. The van der Waals surface area contributed by atoms with E-state index in [1.54, 1.807) is 30.0 Å². The third kappa shape index (κ3) is 8.97. The van der Waals surface area contributed by atoms with Gasteiger partial charge in [-0.3, -0.25) is 4.79 Å². The number of halogens is 5. The van der Waals surface area contributed by atoms with E-state index in [2.05, 4.69) is 24.8 Å². The van der Waals surface area contributed by atoms with E-state index in [-0.39, 0.29) is 48.2 Å². The summed E-state index contributed by atoms with van der Waals surface area (Å²) in [5, 5.41) is 2.73. The summed E-state index contributed by atoms with van der Waals surface area (Å²) in [6.07, 6.45) is -3.06. The van der Waals surface area contributed by atoms with Crippen LogP contribution in [0.1, 0.15) is 29.3 Å². The number of carbonyl (C=O) groups excluding carboxylic acids is 1. The lowest BCUT2D eigenvalue weighted by Crippen LogP contribution is -2.34. The summed E-state index contributed by atoms with van der Waals surface area (Å²) in [5.41, 5.74) is 0.918. The van der Waals surface area contributed by atoms with Crippen LogP contribution in [-0.2, 0) is 21.1 Å². The molecule has 1 aliphatic rings. The summed E-state index contributed by atoms with van der Waals surface area (Å²) in [6.45, 7) is -1.50. The second-order valence-electron chi connectivity index (χ2n) is 9.39. The minimum Gasteiger partial charge on any atom is -0.472 e. The number of ether oxygens (including phenoxy) is 3. The van der Waals surface area contributed by atoms with Crippen molar-refractivity contribution in [2.24, 2.45) is 0 Å². The first-order valence-electron chi connectivity index (χ1n) is 12.9. The van der Waals surface area contributed by atoms with Gasteiger partial charge in [-0.1, -0.05) is 19.1 Å². The summed E-state index contributed by atoms with van der Waals surface area (Å²) < 4.78 is 101. The summed E-state index contributed by atoms with van der Waals surface area (Å²) in [7, 11) is -3.33. The van der Waals surface area contributed by atoms with Gasteiger partial charge in [0.2, 0.25) is 5.88 Å². The predicted octanol–water partition coefficient (Wildman–Crippen LogP) is 4.36. The summed E-state index contributed by atoms with van der Waals surface area (Å²) >= 11 is 0. The molecule has 3 heterocycles. The average molecular weight is 631 g/mol. The minimum absolute atomic E-state index is 0.0107. The Labute approximate surface area is 243 Å². The maximum absolute atomic E-state index is 12.8. The number of carbonyl (C=O) groups is 1. The van der Waals surface area contributed by atoms with Crippen molar-refractivity contribution in [2.45, 2.75) is 49.9 Å². The molecule has 16 heteroatoms.